The van der Waals surface area contributed by atoms with E-state index in [0.29, 0.717) is 34.7 Å². The highest BCUT2D eigenvalue weighted by Gasteiger charge is 2.22. The molecule has 0 unspecified atom stereocenters. The zero-order chi connectivity index (χ0) is 19.2. The maximum Gasteiger partial charge on any atom is 0.293 e. The number of methoxy groups -OCH3 is 1. The van der Waals surface area contributed by atoms with Crippen molar-refractivity contribution < 1.29 is 23.5 Å². The van der Waals surface area contributed by atoms with E-state index < -0.39 is 5.91 Å². The number of carbonyl (C=O) groups is 2. The maximum atomic E-state index is 12.8. The lowest BCUT2D eigenvalue weighted by molar-refractivity contribution is -0.120. The van der Waals surface area contributed by atoms with Crippen LogP contribution >= 0.6 is 0 Å². The predicted molar refractivity (Wildman–Crippen MR) is 102 cm³/mol. The van der Waals surface area contributed by atoms with Crippen molar-refractivity contribution in [3.05, 3.63) is 54.3 Å². The number of ether oxygens (including phenoxy) is 2. The number of para-hydroxylation sites is 1. The molecule has 2 aromatic carbocycles. The van der Waals surface area contributed by atoms with E-state index in [-0.39, 0.29) is 18.3 Å². The van der Waals surface area contributed by atoms with E-state index in [1.54, 1.807) is 62.6 Å². The Kier molecular flexibility index (Phi) is 5.73. The molecule has 0 saturated carbocycles. The quantitative estimate of drug-likeness (QED) is 0.664. The Morgan fingerprint density at radius 2 is 1.89 bits per heavy atom. The second-order valence-corrected chi connectivity index (χ2v) is 5.67. The van der Waals surface area contributed by atoms with Crippen molar-refractivity contribution in [3.8, 4) is 5.75 Å². The first-order valence-corrected chi connectivity index (χ1v) is 8.47. The zero-order valence-corrected chi connectivity index (χ0v) is 15.1. The molecule has 7 heteroatoms. The number of hydrogen-bond acceptors (Lipinski definition) is 5. The molecule has 7 nitrogen and oxygen atoms in total. The third-order valence-corrected chi connectivity index (χ3v) is 3.83. The number of anilines is 2. The van der Waals surface area contributed by atoms with Crippen LogP contribution in [-0.2, 0) is 9.53 Å². The molecular weight excluding hydrogens is 348 g/mol. The largest absolute Gasteiger partial charge is 0.497 e. The van der Waals surface area contributed by atoms with Crippen LogP contribution in [0.2, 0.25) is 0 Å². The summed E-state index contributed by atoms with van der Waals surface area (Å²) in [7, 11) is 1.55. The van der Waals surface area contributed by atoms with E-state index in [1.165, 1.54) is 0 Å². The first kappa shape index (κ1) is 18.5. The molecule has 1 heterocycles. The van der Waals surface area contributed by atoms with Crippen molar-refractivity contribution in [1.82, 2.24) is 0 Å². The Hall–Kier alpha value is -3.32. The fourth-order valence-electron chi connectivity index (χ4n) is 2.59. The van der Waals surface area contributed by atoms with Crippen molar-refractivity contribution in [3.63, 3.8) is 0 Å². The molecule has 0 bridgehead atoms. The molecule has 0 atom stereocenters. The average molecular weight is 368 g/mol. The van der Waals surface area contributed by atoms with Crippen molar-refractivity contribution in [2.45, 2.75) is 6.92 Å². The smallest absolute Gasteiger partial charge is 0.293 e. The van der Waals surface area contributed by atoms with E-state index in [0.717, 1.165) is 0 Å². The summed E-state index contributed by atoms with van der Waals surface area (Å²) >= 11 is 0. The summed E-state index contributed by atoms with van der Waals surface area (Å²) in [6, 6.07) is 14.1. The number of rotatable bonds is 7. The average Bonchev–Trinajstić information content (AvgIpc) is 3.05. The van der Waals surface area contributed by atoms with Gasteiger partial charge >= 0.3 is 0 Å². The monoisotopic (exact) mass is 368 g/mol. The number of hydrogen-bond donors (Lipinski definition) is 2. The Balaban J connectivity index is 1.91. The van der Waals surface area contributed by atoms with Gasteiger partial charge in [-0.05, 0) is 31.2 Å². The first-order chi connectivity index (χ1) is 13.1. The molecule has 0 saturated heterocycles. The zero-order valence-electron chi connectivity index (χ0n) is 15.1. The summed E-state index contributed by atoms with van der Waals surface area (Å²) in [5, 5.41) is 6.11. The molecule has 0 spiro atoms. The van der Waals surface area contributed by atoms with Crippen LogP contribution in [0.4, 0.5) is 11.4 Å². The van der Waals surface area contributed by atoms with Gasteiger partial charge in [-0.1, -0.05) is 18.2 Å². The Morgan fingerprint density at radius 1 is 1.07 bits per heavy atom. The van der Waals surface area contributed by atoms with Crippen molar-refractivity contribution >= 4 is 34.2 Å². The number of fused-ring (bicyclic) bond motifs is 1. The van der Waals surface area contributed by atoms with Gasteiger partial charge < -0.3 is 24.5 Å². The van der Waals surface area contributed by atoms with Crippen molar-refractivity contribution in [1.29, 1.82) is 0 Å². The van der Waals surface area contributed by atoms with Crippen LogP contribution in [0, 0.1) is 0 Å². The maximum absolute atomic E-state index is 12.8. The van der Waals surface area contributed by atoms with Crippen molar-refractivity contribution in [2.24, 2.45) is 0 Å². The molecule has 1 aromatic heterocycles. The number of carbonyl (C=O) groups excluding carboxylic acids is 2. The molecule has 27 heavy (non-hydrogen) atoms. The van der Waals surface area contributed by atoms with E-state index in [2.05, 4.69) is 10.6 Å². The molecule has 0 radical (unpaired) electrons. The number of amides is 2. The van der Waals surface area contributed by atoms with Gasteiger partial charge in [0.25, 0.3) is 5.91 Å². The minimum Gasteiger partial charge on any atom is -0.497 e. The molecule has 3 aromatic rings. The fourth-order valence-corrected chi connectivity index (χ4v) is 2.59. The standard InChI is InChI=1S/C20H20N2O5/c1-3-26-12-17(23)22-18-15-9-4-5-10-16(15)27-19(18)20(24)21-13-7-6-8-14(11-13)25-2/h4-11H,3,12H2,1-2H3,(H,21,24)(H,22,23). The number of nitrogens with one attached hydrogen (secondary N) is 2. The lowest BCUT2D eigenvalue weighted by Crippen LogP contribution is -2.20. The van der Waals surface area contributed by atoms with Gasteiger partial charge in [-0.3, -0.25) is 9.59 Å². The van der Waals surface area contributed by atoms with Crippen LogP contribution < -0.4 is 15.4 Å². The first-order valence-electron chi connectivity index (χ1n) is 8.47. The third kappa shape index (κ3) is 4.27. The summed E-state index contributed by atoms with van der Waals surface area (Å²) in [5.74, 6) is -0.212. The Bertz CT molecular complexity index is 964. The predicted octanol–water partition coefficient (Wildman–Crippen LogP) is 3.67. The summed E-state index contributed by atoms with van der Waals surface area (Å²) in [6.07, 6.45) is 0. The lowest BCUT2D eigenvalue weighted by Gasteiger charge is -2.08. The Morgan fingerprint density at radius 3 is 2.67 bits per heavy atom. The van der Waals surface area contributed by atoms with Crippen LogP contribution in [0.3, 0.4) is 0 Å². The van der Waals surface area contributed by atoms with E-state index in [1.807, 2.05) is 0 Å². The summed E-state index contributed by atoms with van der Waals surface area (Å²) in [5.41, 5.74) is 1.36. The molecule has 140 valence electrons. The summed E-state index contributed by atoms with van der Waals surface area (Å²) in [6.45, 7) is 2.11. The highest BCUT2D eigenvalue weighted by molar-refractivity contribution is 6.14. The van der Waals surface area contributed by atoms with Crippen molar-refractivity contribution in [2.75, 3.05) is 31.0 Å². The lowest BCUT2D eigenvalue weighted by atomic mass is 10.2. The van der Waals surface area contributed by atoms with Gasteiger partial charge in [0.1, 0.15) is 23.6 Å². The minimum atomic E-state index is -0.480. The van der Waals surface area contributed by atoms with Crippen LogP contribution in [-0.4, -0.2) is 32.1 Å². The normalized spacial score (nSPS) is 10.6. The van der Waals surface area contributed by atoms with Gasteiger partial charge in [-0.2, -0.15) is 0 Å². The van der Waals surface area contributed by atoms with Crippen LogP contribution in [0.25, 0.3) is 11.0 Å². The van der Waals surface area contributed by atoms with Gasteiger partial charge in [0, 0.05) is 23.7 Å². The van der Waals surface area contributed by atoms with Crippen LogP contribution in [0.5, 0.6) is 5.75 Å². The van der Waals surface area contributed by atoms with Crippen LogP contribution in [0.15, 0.2) is 52.9 Å². The second-order valence-electron chi connectivity index (χ2n) is 5.67. The minimum absolute atomic E-state index is 0.0175. The van der Waals surface area contributed by atoms with Gasteiger partial charge in [-0.15, -0.1) is 0 Å². The summed E-state index contributed by atoms with van der Waals surface area (Å²) < 4.78 is 16.0. The highest BCUT2D eigenvalue weighted by Crippen LogP contribution is 2.31. The van der Waals surface area contributed by atoms with Gasteiger partial charge in [0.15, 0.2) is 0 Å². The Labute approximate surface area is 156 Å². The topological polar surface area (TPSA) is 89.8 Å². The van der Waals surface area contributed by atoms with Crippen LogP contribution in [0.1, 0.15) is 17.5 Å². The van der Waals surface area contributed by atoms with Gasteiger partial charge in [0.05, 0.1) is 7.11 Å². The third-order valence-electron chi connectivity index (χ3n) is 3.83. The molecule has 0 fully saturated rings. The molecule has 2 N–H and O–H groups in total. The summed E-state index contributed by atoms with van der Waals surface area (Å²) in [4.78, 5) is 24.9. The van der Waals surface area contributed by atoms with Gasteiger partial charge in [0.2, 0.25) is 11.7 Å². The van der Waals surface area contributed by atoms with E-state index in [9.17, 15) is 9.59 Å². The molecule has 0 aliphatic carbocycles. The molecule has 0 aliphatic rings. The number of furan rings is 1. The van der Waals surface area contributed by atoms with Gasteiger partial charge in [-0.25, -0.2) is 0 Å². The fraction of sp³-hybridized carbons (Fsp3) is 0.200. The highest BCUT2D eigenvalue weighted by atomic mass is 16.5. The molecule has 3 rings (SSSR count). The molecular formula is C20H20N2O5. The SMILES string of the molecule is CCOCC(=O)Nc1c(C(=O)Nc2cccc(OC)c2)oc2ccccc12. The second kappa shape index (κ2) is 8.37. The van der Waals surface area contributed by atoms with E-state index >= 15 is 0 Å². The number of benzene rings is 2. The molecule has 0 aliphatic heterocycles. The van der Waals surface area contributed by atoms with E-state index in [4.69, 9.17) is 13.9 Å². The molecule has 2 amide bonds.